The van der Waals surface area contributed by atoms with Crippen LogP contribution in [-0.4, -0.2) is 47.1 Å². The van der Waals surface area contributed by atoms with Gasteiger partial charge in [0.2, 0.25) is 0 Å². The Hall–Kier alpha value is -3.42. The van der Waals surface area contributed by atoms with E-state index in [1.807, 2.05) is 12.1 Å². The van der Waals surface area contributed by atoms with Gasteiger partial charge in [-0.3, -0.25) is 9.59 Å². The molecular formula is C29H36FN3O4. The largest absolute Gasteiger partial charge is 0.481 e. The number of benzene rings is 2. The fourth-order valence-corrected chi connectivity index (χ4v) is 5.29. The van der Waals surface area contributed by atoms with E-state index in [0.717, 1.165) is 31.2 Å². The molecule has 1 saturated carbocycles. The molecule has 4 rings (SSSR count). The van der Waals surface area contributed by atoms with Crippen LogP contribution in [-0.2, 0) is 9.53 Å². The zero-order valence-electron chi connectivity index (χ0n) is 21.7. The molecule has 2 fully saturated rings. The molecular weight excluding hydrogens is 473 g/mol. The topological polar surface area (TPSA) is 91.2 Å². The normalized spacial score (nSPS) is 23.1. The maximum atomic E-state index is 13.4. The van der Waals surface area contributed by atoms with Gasteiger partial charge in [-0.25, -0.2) is 4.39 Å². The van der Waals surface area contributed by atoms with Gasteiger partial charge in [0.15, 0.2) is 0 Å². The van der Waals surface area contributed by atoms with Gasteiger partial charge in [-0.2, -0.15) is 4.99 Å². The predicted octanol–water partition coefficient (Wildman–Crippen LogP) is 5.70. The summed E-state index contributed by atoms with van der Waals surface area (Å²) >= 11 is 0. The molecule has 2 aliphatic rings. The van der Waals surface area contributed by atoms with Gasteiger partial charge in [-0.1, -0.05) is 32.9 Å². The molecule has 0 bridgehead atoms. The monoisotopic (exact) mass is 509 g/mol. The zero-order valence-corrected chi connectivity index (χ0v) is 21.7. The van der Waals surface area contributed by atoms with Crippen molar-refractivity contribution in [1.82, 2.24) is 10.2 Å². The van der Waals surface area contributed by atoms with E-state index in [0.29, 0.717) is 29.8 Å². The number of carboxylic acid groups (broad SMARTS) is 1. The quantitative estimate of drug-likeness (QED) is 0.500. The van der Waals surface area contributed by atoms with E-state index in [-0.39, 0.29) is 42.2 Å². The van der Waals surface area contributed by atoms with Gasteiger partial charge in [-0.15, -0.1) is 0 Å². The van der Waals surface area contributed by atoms with Crippen LogP contribution >= 0.6 is 0 Å². The minimum atomic E-state index is -0.952. The number of halogens is 1. The Morgan fingerprint density at radius 1 is 1.05 bits per heavy atom. The molecule has 1 unspecified atom stereocenters. The highest BCUT2D eigenvalue weighted by atomic mass is 19.1. The molecule has 1 heterocycles. The third kappa shape index (κ3) is 6.67. The lowest BCUT2D eigenvalue weighted by Gasteiger charge is -2.41. The van der Waals surface area contributed by atoms with Crippen LogP contribution in [0.3, 0.4) is 0 Å². The fraction of sp³-hybridized carbons (Fsp3) is 0.483. The van der Waals surface area contributed by atoms with Crippen LogP contribution in [0.25, 0.3) is 0 Å². The highest BCUT2D eigenvalue weighted by Crippen LogP contribution is 2.42. The summed E-state index contributed by atoms with van der Waals surface area (Å²) in [5, 5.41) is 11.4. The summed E-state index contributed by atoms with van der Waals surface area (Å²) in [5.41, 5.74) is 2.41. The molecule has 0 radical (unpaired) electrons. The van der Waals surface area contributed by atoms with Gasteiger partial charge in [0.1, 0.15) is 12.4 Å². The summed E-state index contributed by atoms with van der Waals surface area (Å²) in [7, 11) is 0. The van der Waals surface area contributed by atoms with Crippen molar-refractivity contribution in [2.45, 2.75) is 65.0 Å². The van der Waals surface area contributed by atoms with E-state index in [4.69, 9.17) is 14.8 Å². The molecule has 1 atom stereocenters. The average molecular weight is 510 g/mol. The number of amidine groups is 1. The summed E-state index contributed by atoms with van der Waals surface area (Å²) in [5.74, 6) is -0.890. The molecule has 37 heavy (non-hydrogen) atoms. The van der Waals surface area contributed by atoms with Crippen molar-refractivity contribution in [2.75, 3.05) is 13.2 Å². The van der Waals surface area contributed by atoms with Gasteiger partial charge < -0.3 is 20.1 Å². The Labute approximate surface area is 217 Å². The van der Waals surface area contributed by atoms with Crippen LogP contribution in [0.15, 0.2) is 53.5 Å². The van der Waals surface area contributed by atoms with Crippen molar-refractivity contribution >= 4 is 23.6 Å². The van der Waals surface area contributed by atoms with Crippen molar-refractivity contribution in [1.29, 1.82) is 0 Å². The second kappa shape index (κ2) is 11.3. The van der Waals surface area contributed by atoms with Gasteiger partial charge in [-0.05, 0) is 79.0 Å². The van der Waals surface area contributed by atoms with Crippen molar-refractivity contribution in [3.63, 3.8) is 0 Å². The highest BCUT2D eigenvalue weighted by Gasteiger charge is 2.40. The molecule has 0 spiro atoms. The van der Waals surface area contributed by atoms with Crippen LogP contribution in [0.1, 0.15) is 74.8 Å². The Kier molecular flexibility index (Phi) is 8.15. The second-order valence-electron chi connectivity index (χ2n) is 11.0. The predicted molar refractivity (Wildman–Crippen MR) is 140 cm³/mol. The summed E-state index contributed by atoms with van der Waals surface area (Å²) in [6.45, 7) is 7.44. The maximum absolute atomic E-state index is 13.4. The zero-order chi connectivity index (χ0) is 26.6. The SMILES string of the molecule is CC(C)(C)C1CCC(N2/C(=N/c3ccc(F)cc3)OCC2c2ccc(C(=O)NCCC(=O)O)cc2)CC1. The number of rotatable bonds is 7. The van der Waals surface area contributed by atoms with Crippen molar-refractivity contribution in [3.05, 3.63) is 65.5 Å². The first-order valence-electron chi connectivity index (χ1n) is 13.0. The van der Waals surface area contributed by atoms with Crippen LogP contribution < -0.4 is 5.32 Å². The lowest BCUT2D eigenvalue weighted by Crippen LogP contribution is -2.42. The first kappa shape index (κ1) is 26.6. The molecule has 1 saturated heterocycles. The number of carbonyl (C=O) groups excluding carboxylic acids is 1. The van der Waals surface area contributed by atoms with Gasteiger partial charge in [0, 0.05) is 18.2 Å². The minimum Gasteiger partial charge on any atom is -0.481 e. The number of hydrogen-bond donors (Lipinski definition) is 2. The lowest BCUT2D eigenvalue weighted by molar-refractivity contribution is -0.136. The Bertz CT molecular complexity index is 1120. The molecule has 2 aromatic rings. The van der Waals surface area contributed by atoms with Crippen LogP contribution in [0, 0.1) is 17.2 Å². The standard InChI is InChI=1S/C29H36FN3O4/c1-29(2,3)21-8-14-24(15-9-21)33-25(18-37-28(33)32-23-12-10-22(30)11-13-23)19-4-6-20(7-5-19)27(36)31-17-16-26(34)35/h4-7,10-13,21,24-25H,8-9,14-18H2,1-3H3,(H,31,36)(H,34,35)/b32-28-. The molecule has 1 amide bonds. The third-order valence-electron chi connectivity index (χ3n) is 7.48. The van der Waals surface area contributed by atoms with E-state index in [2.05, 4.69) is 31.0 Å². The average Bonchev–Trinajstić information content (AvgIpc) is 3.28. The smallest absolute Gasteiger partial charge is 0.305 e. The van der Waals surface area contributed by atoms with Crippen LogP contribution in [0.2, 0.25) is 0 Å². The van der Waals surface area contributed by atoms with Crippen LogP contribution in [0.5, 0.6) is 0 Å². The molecule has 7 nitrogen and oxygen atoms in total. The molecule has 1 aliphatic carbocycles. The number of amides is 1. The lowest BCUT2D eigenvalue weighted by atomic mass is 9.71. The number of aliphatic carboxylic acids is 1. The molecule has 2 N–H and O–H groups in total. The summed E-state index contributed by atoms with van der Waals surface area (Å²) in [6.07, 6.45) is 4.22. The van der Waals surface area contributed by atoms with Gasteiger partial charge >= 0.3 is 5.97 Å². The maximum Gasteiger partial charge on any atom is 0.305 e. The fourth-order valence-electron chi connectivity index (χ4n) is 5.29. The Balaban J connectivity index is 1.54. The molecule has 2 aromatic carbocycles. The summed E-state index contributed by atoms with van der Waals surface area (Å²) in [6, 6.07) is 14.2. The van der Waals surface area contributed by atoms with E-state index in [9.17, 15) is 14.0 Å². The summed E-state index contributed by atoms with van der Waals surface area (Å²) in [4.78, 5) is 30.1. The number of ether oxygens (including phenoxy) is 1. The number of aliphatic imine (C=N–C) groups is 1. The number of carbonyl (C=O) groups is 2. The highest BCUT2D eigenvalue weighted by molar-refractivity contribution is 5.94. The van der Waals surface area contributed by atoms with Gasteiger partial charge in [0.05, 0.1) is 18.2 Å². The first-order valence-corrected chi connectivity index (χ1v) is 13.0. The van der Waals surface area contributed by atoms with Crippen molar-refractivity contribution in [2.24, 2.45) is 16.3 Å². The van der Waals surface area contributed by atoms with Gasteiger partial charge in [0.25, 0.3) is 11.9 Å². The van der Waals surface area contributed by atoms with Crippen LogP contribution in [0.4, 0.5) is 10.1 Å². The van der Waals surface area contributed by atoms with E-state index in [1.54, 1.807) is 24.3 Å². The van der Waals surface area contributed by atoms with E-state index >= 15 is 0 Å². The summed E-state index contributed by atoms with van der Waals surface area (Å²) < 4.78 is 19.5. The Morgan fingerprint density at radius 3 is 2.30 bits per heavy atom. The molecule has 0 aromatic heterocycles. The number of hydrogen-bond acceptors (Lipinski definition) is 4. The third-order valence-corrected chi connectivity index (χ3v) is 7.48. The number of carboxylic acids is 1. The number of nitrogens with zero attached hydrogens (tertiary/aromatic N) is 2. The first-order chi connectivity index (χ1) is 17.6. The number of nitrogens with one attached hydrogen (secondary N) is 1. The van der Waals surface area contributed by atoms with E-state index in [1.165, 1.54) is 12.1 Å². The van der Waals surface area contributed by atoms with Crippen molar-refractivity contribution in [3.8, 4) is 0 Å². The Morgan fingerprint density at radius 2 is 1.70 bits per heavy atom. The van der Waals surface area contributed by atoms with Crippen molar-refractivity contribution < 1.29 is 23.8 Å². The molecule has 198 valence electrons. The molecule has 1 aliphatic heterocycles. The van der Waals surface area contributed by atoms with E-state index < -0.39 is 5.97 Å². The minimum absolute atomic E-state index is 0.0560. The molecule has 8 heteroatoms. The second-order valence-corrected chi connectivity index (χ2v) is 11.0.